The van der Waals surface area contributed by atoms with Crippen LogP contribution in [0.5, 0.6) is 0 Å². The highest BCUT2D eigenvalue weighted by atomic mass is 35.5. The lowest BCUT2D eigenvalue weighted by molar-refractivity contribution is 0.0991. The fourth-order valence-electron chi connectivity index (χ4n) is 2.31. The highest BCUT2D eigenvalue weighted by Gasteiger charge is 2.19. The highest BCUT2D eigenvalue weighted by Crippen LogP contribution is 2.20. The lowest BCUT2D eigenvalue weighted by Gasteiger charge is -2.11. The van der Waals surface area contributed by atoms with Gasteiger partial charge < -0.3 is 4.57 Å². The summed E-state index contributed by atoms with van der Waals surface area (Å²) in [6.45, 7) is 5.84. The molecule has 1 aromatic heterocycles. The fraction of sp³-hybridized carbons (Fsp3) is 0.312. The quantitative estimate of drug-likeness (QED) is 0.614. The molecule has 0 aliphatic carbocycles. The molecule has 0 aliphatic heterocycles. The first kappa shape index (κ1) is 14.8. The molecule has 0 saturated carbocycles. The zero-order valence-electron chi connectivity index (χ0n) is 11.8. The molecule has 0 radical (unpaired) electrons. The molecule has 1 aromatic carbocycles. The third kappa shape index (κ3) is 2.78. The molecule has 2 nitrogen and oxygen atoms in total. The fourth-order valence-corrected chi connectivity index (χ4v) is 2.42. The minimum absolute atomic E-state index is 0.0976. The van der Waals surface area contributed by atoms with Gasteiger partial charge in [-0.25, -0.2) is 4.39 Å². The molecule has 2 rings (SSSR count). The average molecular weight is 294 g/mol. The van der Waals surface area contributed by atoms with E-state index in [9.17, 15) is 9.18 Å². The van der Waals surface area contributed by atoms with Crippen molar-refractivity contribution < 1.29 is 9.18 Å². The predicted octanol–water partition coefficient (Wildman–Crippen LogP) is 4.10. The number of hydrogen-bond donors (Lipinski definition) is 0. The van der Waals surface area contributed by atoms with Crippen LogP contribution in [0, 0.1) is 19.7 Å². The Morgan fingerprint density at radius 1 is 1.35 bits per heavy atom. The van der Waals surface area contributed by atoms with Gasteiger partial charge in [-0.15, -0.1) is 11.6 Å². The summed E-state index contributed by atoms with van der Waals surface area (Å²) in [5.74, 6) is -0.335. The Hall–Kier alpha value is -1.61. The Labute approximate surface area is 123 Å². The van der Waals surface area contributed by atoms with Gasteiger partial charge in [-0.05, 0) is 32.9 Å². The van der Waals surface area contributed by atoms with Crippen LogP contribution in [0.15, 0.2) is 30.3 Å². The summed E-state index contributed by atoms with van der Waals surface area (Å²) in [5, 5.41) is -0.558. The molecule has 1 atom stereocenters. The maximum atomic E-state index is 13.7. The molecule has 0 fully saturated rings. The van der Waals surface area contributed by atoms with Crippen LogP contribution in [-0.2, 0) is 6.54 Å². The first-order chi connectivity index (χ1) is 9.41. The van der Waals surface area contributed by atoms with E-state index in [-0.39, 0.29) is 11.6 Å². The number of ketones is 1. The first-order valence-corrected chi connectivity index (χ1v) is 6.94. The molecule has 1 unspecified atom stereocenters. The van der Waals surface area contributed by atoms with Gasteiger partial charge in [0.25, 0.3) is 0 Å². The van der Waals surface area contributed by atoms with E-state index in [1.54, 1.807) is 25.1 Å². The van der Waals surface area contributed by atoms with E-state index in [0.717, 1.165) is 11.4 Å². The van der Waals surface area contributed by atoms with Gasteiger partial charge in [-0.2, -0.15) is 0 Å². The highest BCUT2D eigenvalue weighted by molar-refractivity contribution is 6.33. The van der Waals surface area contributed by atoms with E-state index in [2.05, 4.69) is 0 Å². The summed E-state index contributed by atoms with van der Waals surface area (Å²) in [4.78, 5) is 12.0. The number of alkyl halides is 1. The van der Waals surface area contributed by atoms with Gasteiger partial charge in [0, 0.05) is 22.5 Å². The summed E-state index contributed by atoms with van der Waals surface area (Å²) in [7, 11) is 0. The molecular weight excluding hydrogens is 277 g/mol. The van der Waals surface area contributed by atoms with Crippen molar-refractivity contribution in [2.24, 2.45) is 0 Å². The van der Waals surface area contributed by atoms with E-state index in [1.165, 1.54) is 6.07 Å². The third-order valence-electron chi connectivity index (χ3n) is 3.49. The van der Waals surface area contributed by atoms with E-state index >= 15 is 0 Å². The van der Waals surface area contributed by atoms with Gasteiger partial charge >= 0.3 is 0 Å². The molecule has 0 amide bonds. The van der Waals surface area contributed by atoms with Gasteiger partial charge in [0.2, 0.25) is 0 Å². The summed E-state index contributed by atoms with van der Waals surface area (Å²) >= 11 is 5.86. The Balaban J connectivity index is 2.39. The van der Waals surface area contributed by atoms with Crippen molar-refractivity contribution in [2.45, 2.75) is 32.7 Å². The Morgan fingerprint density at radius 2 is 2.00 bits per heavy atom. The van der Waals surface area contributed by atoms with Gasteiger partial charge in [-0.1, -0.05) is 18.2 Å². The lowest BCUT2D eigenvalue weighted by atomic mass is 10.1. The summed E-state index contributed by atoms with van der Waals surface area (Å²) in [6, 6.07) is 8.48. The molecule has 0 aliphatic rings. The summed E-state index contributed by atoms with van der Waals surface area (Å²) in [5.41, 5.74) is 2.96. The number of nitrogens with zero attached hydrogens (tertiary/aromatic N) is 1. The van der Waals surface area contributed by atoms with Gasteiger partial charge in [0.05, 0.1) is 11.9 Å². The monoisotopic (exact) mass is 293 g/mol. The number of halogens is 2. The number of benzene rings is 1. The second kappa shape index (κ2) is 5.80. The van der Waals surface area contributed by atoms with E-state index in [4.69, 9.17) is 11.6 Å². The van der Waals surface area contributed by atoms with E-state index in [1.807, 2.05) is 24.5 Å². The van der Waals surface area contributed by atoms with Crippen LogP contribution in [0.3, 0.4) is 0 Å². The molecule has 20 heavy (non-hydrogen) atoms. The van der Waals surface area contributed by atoms with Crippen LogP contribution < -0.4 is 0 Å². The van der Waals surface area contributed by atoms with Gasteiger partial charge in [0.15, 0.2) is 5.78 Å². The molecule has 0 saturated heterocycles. The molecule has 4 heteroatoms. The van der Waals surface area contributed by atoms with Crippen molar-refractivity contribution in [3.63, 3.8) is 0 Å². The maximum absolute atomic E-state index is 13.7. The average Bonchev–Trinajstić information content (AvgIpc) is 2.68. The van der Waals surface area contributed by atoms with Crippen LogP contribution in [0.4, 0.5) is 4.39 Å². The van der Waals surface area contributed by atoms with Gasteiger partial charge in [-0.3, -0.25) is 4.79 Å². The number of carbonyl (C=O) groups is 1. The smallest absolute Gasteiger partial charge is 0.182 e. The number of aromatic nitrogens is 1. The third-order valence-corrected chi connectivity index (χ3v) is 3.68. The van der Waals surface area contributed by atoms with Crippen LogP contribution in [0.25, 0.3) is 0 Å². The minimum atomic E-state index is -0.558. The molecule has 0 N–H and O–H groups in total. The lowest BCUT2D eigenvalue weighted by Crippen LogP contribution is -2.12. The van der Waals surface area contributed by atoms with Crippen molar-refractivity contribution in [1.82, 2.24) is 4.57 Å². The molecule has 0 bridgehead atoms. The summed E-state index contributed by atoms with van der Waals surface area (Å²) in [6.07, 6.45) is 0. The molecular formula is C16H17ClFNO. The largest absolute Gasteiger partial charge is 0.344 e. The number of hydrogen-bond acceptors (Lipinski definition) is 1. The van der Waals surface area contributed by atoms with Crippen LogP contribution in [0.1, 0.15) is 34.2 Å². The number of aryl methyl sites for hydroxylation is 1. The van der Waals surface area contributed by atoms with E-state index in [0.29, 0.717) is 17.7 Å². The van der Waals surface area contributed by atoms with Crippen LogP contribution >= 0.6 is 11.6 Å². The van der Waals surface area contributed by atoms with Gasteiger partial charge in [0.1, 0.15) is 5.82 Å². The van der Waals surface area contributed by atoms with Crippen molar-refractivity contribution in [3.05, 3.63) is 58.7 Å². The summed E-state index contributed by atoms with van der Waals surface area (Å²) < 4.78 is 15.7. The SMILES string of the molecule is Cc1cc(C(=O)C(C)Cl)c(C)n1Cc1ccccc1F. The van der Waals surface area contributed by atoms with Crippen molar-refractivity contribution >= 4 is 17.4 Å². The Morgan fingerprint density at radius 3 is 2.60 bits per heavy atom. The Bertz CT molecular complexity index is 646. The second-order valence-corrected chi connectivity index (χ2v) is 5.60. The minimum Gasteiger partial charge on any atom is -0.344 e. The van der Waals surface area contributed by atoms with Crippen molar-refractivity contribution in [2.75, 3.05) is 0 Å². The Kier molecular flexibility index (Phi) is 4.29. The molecule has 0 spiro atoms. The molecule has 106 valence electrons. The predicted molar refractivity (Wildman–Crippen MR) is 79.1 cm³/mol. The number of rotatable bonds is 4. The van der Waals surface area contributed by atoms with Crippen LogP contribution in [-0.4, -0.2) is 15.7 Å². The number of carbonyl (C=O) groups excluding carboxylic acids is 1. The normalized spacial score (nSPS) is 12.4. The van der Waals surface area contributed by atoms with Crippen LogP contribution in [0.2, 0.25) is 0 Å². The standard InChI is InChI=1S/C16H17ClFNO/c1-10-8-14(16(20)11(2)17)12(3)19(10)9-13-6-4-5-7-15(13)18/h4-8,11H,9H2,1-3H3. The van der Waals surface area contributed by atoms with E-state index < -0.39 is 5.38 Å². The zero-order valence-corrected chi connectivity index (χ0v) is 12.5. The van der Waals surface area contributed by atoms with Crippen molar-refractivity contribution in [1.29, 1.82) is 0 Å². The first-order valence-electron chi connectivity index (χ1n) is 6.50. The molecule has 2 aromatic rings. The second-order valence-electron chi connectivity index (χ2n) is 4.94. The zero-order chi connectivity index (χ0) is 14.9. The molecule has 1 heterocycles. The number of Topliss-reactive ketones (excluding diaryl/α,β-unsaturated/α-hetero) is 1. The topological polar surface area (TPSA) is 22.0 Å². The van der Waals surface area contributed by atoms with Crippen molar-refractivity contribution in [3.8, 4) is 0 Å². The maximum Gasteiger partial charge on any atom is 0.182 e.